The van der Waals surface area contributed by atoms with E-state index < -0.39 is 0 Å². The summed E-state index contributed by atoms with van der Waals surface area (Å²) in [5.74, 6) is 1.12. The highest BCUT2D eigenvalue weighted by atomic mass is 79.9. The summed E-state index contributed by atoms with van der Waals surface area (Å²) in [5.41, 5.74) is 1.58. The average Bonchev–Trinajstić information content (AvgIpc) is 2.30. The second-order valence-corrected chi connectivity index (χ2v) is 5.97. The third-order valence-electron chi connectivity index (χ3n) is 2.76. The van der Waals surface area contributed by atoms with Crippen molar-refractivity contribution in [2.75, 3.05) is 25.9 Å². The van der Waals surface area contributed by atoms with Gasteiger partial charge in [-0.05, 0) is 41.5 Å². The molecule has 86 valence electrons. The Morgan fingerprint density at radius 2 is 2.19 bits per heavy atom. The topological polar surface area (TPSA) is 3.24 Å². The van der Waals surface area contributed by atoms with Crippen molar-refractivity contribution in [2.24, 2.45) is 0 Å². The van der Waals surface area contributed by atoms with Crippen LogP contribution in [-0.4, -0.2) is 30.8 Å². The van der Waals surface area contributed by atoms with Gasteiger partial charge in [0.05, 0.1) is 0 Å². The summed E-state index contributed by atoms with van der Waals surface area (Å²) in [6.45, 7) is 2.30. The molecule has 1 aliphatic heterocycles. The fourth-order valence-electron chi connectivity index (χ4n) is 1.68. The van der Waals surface area contributed by atoms with Crippen LogP contribution in [0.25, 0.3) is 0 Å². The van der Waals surface area contributed by atoms with E-state index in [1.54, 1.807) is 5.57 Å². The molecule has 1 nitrogen and oxygen atoms in total. The van der Waals surface area contributed by atoms with Crippen LogP contribution in [0, 0.1) is 0 Å². The lowest BCUT2D eigenvalue weighted by molar-refractivity contribution is 0.359. The van der Waals surface area contributed by atoms with Crippen LogP contribution in [0.1, 0.15) is 6.42 Å². The fraction of sp³-hybridized carbons (Fsp3) is 0.385. The Bertz CT molecular complexity index is 389. The molecule has 2 rings (SSSR count). The van der Waals surface area contributed by atoms with Gasteiger partial charge < -0.3 is 4.90 Å². The van der Waals surface area contributed by atoms with E-state index in [2.05, 4.69) is 58.2 Å². The highest BCUT2D eigenvalue weighted by molar-refractivity contribution is 9.10. The minimum atomic E-state index is 1.10. The lowest BCUT2D eigenvalue weighted by atomic mass is 10.1. The molecule has 0 aromatic heterocycles. The monoisotopic (exact) mass is 297 g/mol. The molecule has 0 spiro atoms. The predicted molar refractivity (Wildman–Crippen MR) is 75.1 cm³/mol. The molecule has 0 N–H and O–H groups in total. The molecule has 3 heteroatoms. The Morgan fingerprint density at radius 1 is 1.38 bits per heavy atom. The van der Waals surface area contributed by atoms with Crippen molar-refractivity contribution >= 4 is 27.7 Å². The van der Waals surface area contributed by atoms with Crippen LogP contribution < -0.4 is 0 Å². The van der Waals surface area contributed by atoms with Crippen LogP contribution in [-0.2, 0) is 0 Å². The van der Waals surface area contributed by atoms with Crippen molar-refractivity contribution in [3.05, 3.63) is 40.4 Å². The van der Waals surface area contributed by atoms with Gasteiger partial charge in [-0.2, -0.15) is 0 Å². The largest absolute Gasteiger partial charge is 0.302 e. The average molecular weight is 298 g/mol. The van der Waals surface area contributed by atoms with Crippen LogP contribution >= 0.6 is 27.7 Å². The van der Waals surface area contributed by atoms with Crippen molar-refractivity contribution < 1.29 is 0 Å². The Balaban J connectivity index is 1.91. The lowest BCUT2D eigenvalue weighted by Gasteiger charge is -2.21. The summed E-state index contributed by atoms with van der Waals surface area (Å²) in [5, 5.41) is 0. The summed E-state index contributed by atoms with van der Waals surface area (Å²) in [7, 11) is 2.17. The van der Waals surface area contributed by atoms with Crippen LogP contribution in [0.4, 0.5) is 0 Å². The van der Waals surface area contributed by atoms with Gasteiger partial charge in [0.15, 0.2) is 0 Å². The molecule has 0 atom stereocenters. The third-order valence-corrected chi connectivity index (χ3v) is 4.89. The molecule has 1 aromatic rings. The summed E-state index contributed by atoms with van der Waals surface area (Å²) in [4.78, 5) is 3.69. The molecule has 1 aliphatic rings. The van der Waals surface area contributed by atoms with Gasteiger partial charge in [-0.3, -0.25) is 0 Å². The van der Waals surface area contributed by atoms with Crippen LogP contribution in [0.5, 0.6) is 0 Å². The van der Waals surface area contributed by atoms with Crippen molar-refractivity contribution in [3.8, 4) is 0 Å². The van der Waals surface area contributed by atoms with Crippen molar-refractivity contribution in [2.45, 2.75) is 11.3 Å². The molecule has 0 aliphatic carbocycles. The van der Waals surface area contributed by atoms with Crippen LogP contribution in [0.2, 0.25) is 0 Å². The van der Waals surface area contributed by atoms with Gasteiger partial charge in [-0.25, -0.2) is 0 Å². The highest BCUT2D eigenvalue weighted by Gasteiger charge is 2.08. The number of halogens is 1. The quantitative estimate of drug-likeness (QED) is 0.617. The van der Waals surface area contributed by atoms with E-state index >= 15 is 0 Å². The van der Waals surface area contributed by atoms with Gasteiger partial charge in [-0.1, -0.05) is 23.8 Å². The molecular formula is C13H16BrNS. The summed E-state index contributed by atoms with van der Waals surface area (Å²) in [6.07, 6.45) is 3.58. The number of nitrogens with zero attached hydrogens (tertiary/aromatic N) is 1. The predicted octanol–water partition coefficient (Wildman–Crippen LogP) is 3.80. The van der Waals surface area contributed by atoms with Crippen LogP contribution in [0.3, 0.4) is 0 Å². The SMILES string of the molecule is CN1CC=C(CSc2ccccc2Br)CC1. The second-order valence-electron chi connectivity index (χ2n) is 4.09. The molecule has 0 saturated carbocycles. The van der Waals surface area contributed by atoms with E-state index in [0.29, 0.717) is 0 Å². The lowest BCUT2D eigenvalue weighted by Crippen LogP contribution is -2.24. The normalized spacial score (nSPS) is 17.2. The maximum absolute atomic E-state index is 3.58. The number of benzene rings is 1. The number of likely N-dealkylation sites (N-methyl/N-ethyl adjacent to an activating group) is 1. The smallest absolute Gasteiger partial charge is 0.0311 e. The summed E-state index contributed by atoms with van der Waals surface area (Å²) >= 11 is 5.50. The molecule has 1 aromatic carbocycles. The molecule has 0 fully saturated rings. The Labute approximate surface area is 110 Å². The maximum atomic E-state index is 3.58. The number of hydrogen-bond donors (Lipinski definition) is 0. The first-order valence-corrected chi connectivity index (χ1v) is 7.27. The van der Waals surface area contributed by atoms with Crippen LogP contribution in [0.15, 0.2) is 45.3 Å². The van der Waals surface area contributed by atoms with Crippen molar-refractivity contribution in [3.63, 3.8) is 0 Å². The van der Waals surface area contributed by atoms with E-state index in [1.165, 1.54) is 22.3 Å². The van der Waals surface area contributed by atoms with E-state index in [-0.39, 0.29) is 0 Å². The highest BCUT2D eigenvalue weighted by Crippen LogP contribution is 2.29. The first-order valence-electron chi connectivity index (χ1n) is 5.49. The number of thioether (sulfide) groups is 1. The Morgan fingerprint density at radius 3 is 2.88 bits per heavy atom. The first kappa shape index (κ1) is 12.2. The Hall–Kier alpha value is -0.250. The van der Waals surface area contributed by atoms with Gasteiger partial charge in [0, 0.05) is 28.2 Å². The van der Waals surface area contributed by atoms with Gasteiger partial charge in [0.1, 0.15) is 0 Å². The number of rotatable bonds is 3. The fourth-order valence-corrected chi connectivity index (χ4v) is 3.29. The minimum absolute atomic E-state index is 1.10. The van der Waals surface area contributed by atoms with Gasteiger partial charge in [-0.15, -0.1) is 11.8 Å². The number of hydrogen-bond acceptors (Lipinski definition) is 2. The molecule has 0 unspecified atom stereocenters. The van der Waals surface area contributed by atoms with Gasteiger partial charge in [0.2, 0.25) is 0 Å². The first-order chi connectivity index (χ1) is 7.75. The molecule has 1 heterocycles. The maximum Gasteiger partial charge on any atom is 0.0311 e. The van der Waals surface area contributed by atoms with Gasteiger partial charge in [0.25, 0.3) is 0 Å². The standard InChI is InChI=1S/C13H16BrNS/c1-15-8-6-11(7-9-15)10-16-13-5-3-2-4-12(13)14/h2-6H,7-10H2,1H3. The molecule has 0 amide bonds. The molecule has 0 radical (unpaired) electrons. The van der Waals surface area contributed by atoms with E-state index in [0.717, 1.165) is 12.3 Å². The van der Waals surface area contributed by atoms with E-state index in [9.17, 15) is 0 Å². The zero-order valence-corrected chi connectivity index (χ0v) is 11.9. The van der Waals surface area contributed by atoms with Crippen molar-refractivity contribution in [1.82, 2.24) is 4.90 Å². The zero-order valence-electron chi connectivity index (χ0n) is 9.45. The zero-order chi connectivity index (χ0) is 11.4. The van der Waals surface area contributed by atoms with Gasteiger partial charge >= 0.3 is 0 Å². The molecule has 16 heavy (non-hydrogen) atoms. The van der Waals surface area contributed by atoms with E-state index in [1.807, 2.05) is 11.8 Å². The Kier molecular flexibility index (Phi) is 4.50. The molecule has 0 bridgehead atoms. The minimum Gasteiger partial charge on any atom is -0.302 e. The summed E-state index contributed by atoms with van der Waals surface area (Å²) < 4.78 is 1.20. The summed E-state index contributed by atoms with van der Waals surface area (Å²) in [6, 6.07) is 8.43. The molecule has 0 saturated heterocycles. The third kappa shape index (κ3) is 3.37. The second kappa shape index (κ2) is 5.89. The van der Waals surface area contributed by atoms with E-state index in [4.69, 9.17) is 0 Å². The van der Waals surface area contributed by atoms with Crippen molar-refractivity contribution in [1.29, 1.82) is 0 Å². The molecular weight excluding hydrogens is 282 g/mol.